The van der Waals surface area contributed by atoms with Crippen molar-refractivity contribution in [2.45, 2.75) is 91.7 Å². The highest BCUT2D eigenvalue weighted by atomic mass is 19.4. The lowest BCUT2D eigenvalue weighted by Gasteiger charge is -2.32. The molecule has 252 valence electrons. The Hall–Kier alpha value is -4.54. The first-order valence-electron chi connectivity index (χ1n) is 15.7. The van der Waals surface area contributed by atoms with Crippen LogP contribution in [0, 0.1) is 26.7 Å². The van der Waals surface area contributed by atoms with E-state index in [1.54, 1.807) is 32.9 Å². The van der Waals surface area contributed by atoms with Crippen LogP contribution < -0.4 is 20.7 Å². The van der Waals surface area contributed by atoms with Crippen molar-refractivity contribution in [2.24, 2.45) is 5.92 Å². The van der Waals surface area contributed by atoms with Crippen molar-refractivity contribution in [1.82, 2.24) is 5.32 Å². The van der Waals surface area contributed by atoms with Gasteiger partial charge in [-0.25, -0.2) is 9.59 Å². The van der Waals surface area contributed by atoms with Gasteiger partial charge in [0.05, 0.1) is 11.3 Å². The Morgan fingerprint density at radius 3 is 1.98 bits per heavy atom. The van der Waals surface area contributed by atoms with Gasteiger partial charge in [-0.1, -0.05) is 55.2 Å². The van der Waals surface area contributed by atoms with Crippen LogP contribution in [0.2, 0.25) is 0 Å². The SMILES string of the molecule is Cc1cc(C)c(NC(=O)Nc2cc(-c3ccc(OC(F)(F)F)cc3)ccc2C(=O)N[C@H](C(=O)OC(C)(C)C)C2CCCCC2)c(C)c1. The van der Waals surface area contributed by atoms with Crippen LogP contribution >= 0.6 is 0 Å². The summed E-state index contributed by atoms with van der Waals surface area (Å²) in [6.45, 7) is 11.0. The summed E-state index contributed by atoms with van der Waals surface area (Å²) in [6, 6.07) is 12.3. The number of carbonyl (C=O) groups is 3. The third-order valence-electron chi connectivity index (χ3n) is 7.92. The Labute approximate surface area is 273 Å². The zero-order valence-electron chi connectivity index (χ0n) is 27.6. The van der Waals surface area contributed by atoms with Crippen LogP contribution in [0.3, 0.4) is 0 Å². The lowest BCUT2D eigenvalue weighted by atomic mass is 9.83. The predicted octanol–water partition coefficient (Wildman–Crippen LogP) is 8.84. The number of halogens is 3. The molecule has 1 fully saturated rings. The number of carbonyl (C=O) groups excluding carboxylic acids is 3. The van der Waals surface area contributed by atoms with E-state index in [1.807, 2.05) is 32.9 Å². The highest BCUT2D eigenvalue weighted by Crippen LogP contribution is 2.32. The van der Waals surface area contributed by atoms with Gasteiger partial charge in [0.2, 0.25) is 0 Å². The molecule has 0 bridgehead atoms. The molecule has 1 aliphatic carbocycles. The molecule has 1 saturated carbocycles. The third-order valence-corrected chi connectivity index (χ3v) is 7.92. The van der Waals surface area contributed by atoms with E-state index >= 15 is 0 Å². The fourth-order valence-electron chi connectivity index (χ4n) is 5.94. The average molecular weight is 654 g/mol. The molecule has 0 saturated heterocycles. The summed E-state index contributed by atoms with van der Waals surface area (Å²) in [4.78, 5) is 40.6. The maximum absolute atomic E-state index is 13.9. The van der Waals surface area contributed by atoms with E-state index in [0.29, 0.717) is 16.8 Å². The van der Waals surface area contributed by atoms with Gasteiger partial charge in [0.25, 0.3) is 5.91 Å². The summed E-state index contributed by atoms with van der Waals surface area (Å²) in [7, 11) is 0. The minimum Gasteiger partial charge on any atom is -0.458 e. The van der Waals surface area contributed by atoms with Crippen LogP contribution in [0.15, 0.2) is 54.6 Å². The fourth-order valence-corrected chi connectivity index (χ4v) is 5.94. The first kappa shape index (κ1) is 35.3. The zero-order valence-corrected chi connectivity index (χ0v) is 27.6. The number of nitrogens with one attached hydrogen (secondary N) is 3. The smallest absolute Gasteiger partial charge is 0.458 e. The number of ether oxygens (including phenoxy) is 2. The maximum Gasteiger partial charge on any atom is 0.573 e. The Kier molecular flexibility index (Phi) is 10.9. The largest absolute Gasteiger partial charge is 0.573 e. The van der Waals surface area contributed by atoms with Gasteiger partial charge in [-0.05, 0) is 107 Å². The number of hydrogen-bond donors (Lipinski definition) is 3. The number of amides is 3. The number of benzene rings is 3. The molecule has 0 aromatic heterocycles. The van der Waals surface area contributed by atoms with Crippen LogP contribution in [-0.4, -0.2) is 35.9 Å². The van der Waals surface area contributed by atoms with E-state index < -0.39 is 35.9 Å². The summed E-state index contributed by atoms with van der Waals surface area (Å²) in [5, 5.41) is 8.54. The van der Waals surface area contributed by atoms with Crippen molar-refractivity contribution in [2.75, 3.05) is 10.6 Å². The van der Waals surface area contributed by atoms with E-state index in [4.69, 9.17) is 4.74 Å². The summed E-state index contributed by atoms with van der Waals surface area (Å²) in [6.07, 6.45) is -0.374. The van der Waals surface area contributed by atoms with E-state index in [9.17, 15) is 27.6 Å². The van der Waals surface area contributed by atoms with Gasteiger partial charge in [0.15, 0.2) is 0 Å². The minimum atomic E-state index is -4.83. The van der Waals surface area contributed by atoms with Crippen molar-refractivity contribution >= 4 is 29.3 Å². The molecule has 0 heterocycles. The number of esters is 1. The average Bonchev–Trinajstić information content (AvgIpc) is 2.96. The fraction of sp³-hybridized carbons (Fsp3) is 0.417. The third kappa shape index (κ3) is 9.97. The second-order valence-electron chi connectivity index (χ2n) is 13.1. The molecule has 0 radical (unpaired) electrons. The number of rotatable bonds is 8. The predicted molar refractivity (Wildman–Crippen MR) is 176 cm³/mol. The topological polar surface area (TPSA) is 106 Å². The molecule has 3 N–H and O–H groups in total. The van der Waals surface area contributed by atoms with Crippen molar-refractivity contribution in [3.63, 3.8) is 0 Å². The van der Waals surface area contributed by atoms with Gasteiger partial charge in [0, 0.05) is 5.69 Å². The Morgan fingerprint density at radius 1 is 0.809 bits per heavy atom. The number of anilines is 2. The van der Waals surface area contributed by atoms with Crippen LogP contribution in [0.4, 0.5) is 29.3 Å². The standard InChI is InChI=1S/C36H42F3N3O5/c1-21-18-22(2)30(23(3)19-21)42-34(45)40-29-20-26(24-12-15-27(16-13-24)46-36(37,38)39)14-17-28(29)32(43)41-31(25-10-8-7-9-11-25)33(44)47-35(4,5)6/h12-20,25,31H,7-11H2,1-6H3,(H,41,43)(H2,40,42,45)/t31-/m0/s1. The second-order valence-corrected chi connectivity index (χ2v) is 13.1. The number of urea groups is 1. The van der Waals surface area contributed by atoms with Crippen molar-refractivity contribution in [3.8, 4) is 16.9 Å². The molecule has 0 spiro atoms. The van der Waals surface area contributed by atoms with Crippen molar-refractivity contribution < 1.29 is 37.0 Å². The van der Waals surface area contributed by atoms with E-state index in [2.05, 4.69) is 20.7 Å². The van der Waals surface area contributed by atoms with Gasteiger partial charge in [0.1, 0.15) is 17.4 Å². The Bertz CT molecular complexity index is 1580. The molecule has 1 aliphatic rings. The molecule has 3 amide bonds. The molecule has 0 unspecified atom stereocenters. The van der Waals surface area contributed by atoms with E-state index in [1.165, 1.54) is 30.3 Å². The molecule has 4 rings (SSSR count). The first-order chi connectivity index (χ1) is 22.0. The molecule has 1 atom stereocenters. The van der Waals surface area contributed by atoms with Crippen LogP contribution in [-0.2, 0) is 9.53 Å². The van der Waals surface area contributed by atoms with Crippen LogP contribution in [0.25, 0.3) is 11.1 Å². The van der Waals surface area contributed by atoms with Gasteiger partial charge >= 0.3 is 18.4 Å². The molecule has 8 nitrogen and oxygen atoms in total. The minimum absolute atomic E-state index is 0.0997. The van der Waals surface area contributed by atoms with Gasteiger partial charge in [-0.15, -0.1) is 13.2 Å². The molecular weight excluding hydrogens is 611 g/mol. The normalized spacial score (nSPS) is 14.6. The molecule has 11 heteroatoms. The van der Waals surface area contributed by atoms with E-state index in [-0.39, 0.29) is 22.9 Å². The lowest BCUT2D eigenvalue weighted by Crippen LogP contribution is -2.49. The summed E-state index contributed by atoms with van der Waals surface area (Å²) in [5.41, 5.74) is 3.91. The van der Waals surface area contributed by atoms with Crippen molar-refractivity contribution in [1.29, 1.82) is 0 Å². The summed E-state index contributed by atoms with van der Waals surface area (Å²) < 4.78 is 47.7. The molecule has 0 aliphatic heterocycles. The molecule has 3 aromatic carbocycles. The quantitative estimate of drug-likeness (QED) is 0.211. The lowest BCUT2D eigenvalue weighted by molar-refractivity contribution is -0.274. The molecular formula is C36H42F3N3O5. The highest BCUT2D eigenvalue weighted by Gasteiger charge is 2.35. The first-order valence-corrected chi connectivity index (χ1v) is 15.7. The summed E-state index contributed by atoms with van der Waals surface area (Å²) >= 11 is 0. The maximum atomic E-state index is 13.9. The molecule has 47 heavy (non-hydrogen) atoms. The Balaban J connectivity index is 1.68. The number of alkyl halides is 3. The number of aryl methyl sites for hydroxylation is 3. The second kappa shape index (κ2) is 14.5. The molecule has 3 aromatic rings. The zero-order chi connectivity index (χ0) is 34.5. The Morgan fingerprint density at radius 2 is 1.40 bits per heavy atom. The van der Waals surface area contributed by atoms with Crippen LogP contribution in [0.5, 0.6) is 5.75 Å². The summed E-state index contributed by atoms with van der Waals surface area (Å²) in [5.74, 6) is -1.58. The van der Waals surface area contributed by atoms with Gasteiger partial charge in [-0.3, -0.25) is 4.79 Å². The van der Waals surface area contributed by atoms with Gasteiger partial charge in [-0.2, -0.15) is 0 Å². The van der Waals surface area contributed by atoms with Gasteiger partial charge < -0.3 is 25.4 Å². The number of hydrogen-bond acceptors (Lipinski definition) is 5. The van der Waals surface area contributed by atoms with E-state index in [0.717, 1.165) is 48.8 Å². The van der Waals surface area contributed by atoms with Crippen LogP contribution in [0.1, 0.15) is 79.9 Å². The van der Waals surface area contributed by atoms with Crippen molar-refractivity contribution in [3.05, 3.63) is 76.9 Å². The highest BCUT2D eigenvalue weighted by molar-refractivity contribution is 6.08. The monoisotopic (exact) mass is 653 g/mol.